The molecule has 0 heterocycles. The summed E-state index contributed by atoms with van der Waals surface area (Å²) >= 11 is 0. The van der Waals surface area contributed by atoms with Crippen LogP contribution < -0.4 is 5.32 Å². The monoisotopic (exact) mass is 285 g/mol. The standard InChI is InChI=1S/C17H39N3/c1-7-19(8-2)14-11-15-20(9-3)17(6)12-10-13-18-16(4)5/h16-18H,7-15H2,1-6H3. The van der Waals surface area contributed by atoms with E-state index in [1.54, 1.807) is 0 Å². The average Bonchev–Trinajstić information content (AvgIpc) is 2.43. The van der Waals surface area contributed by atoms with E-state index in [2.05, 4.69) is 56.7 Å². The van der Waals surface area contributed by atoms with Crippen molar-refractivity contribution in [2.75, 3.05) is 39.3 Å². The first-order valence-electron chi connectivity index (χ1n) is 8.74. The Bertz CT molecular complexity index is 202. The maximum Gasteiger partial charge on any atom is 0.00672 e. The molecule has 1 unspecified atom stereocenters. The Balaban J connectivity index is 3.81. The molecule has 0 fully saturated rings. The Morgan fingerprint density at radius 2 is 1.50 bits per heavy atom. The Hall–Kier alpha value is -0.120. The fourth-order valence-corrected chi connectivity index (χ4v) is 2.70. The van der Waals surface area contributed by atoms with Gasteiger partial charge in [-0.05, 0) is 65.5 Å². The minimum atomic E-state index is 0.613. The van der Waals surface area contributed by atoms with Gasteiger partial charge in [-0.1, -0.05) is 34.6 Å². The van der Waals surface area contributed by atoms with Crippen LogP contribution >= 0.6 is 0 Å². The third kappa shape index (κ3) is 9.73. The summed E-state index contributed by atoms with van der Waals surface area (Å²) in [6.07, 6.45) is 3.88. The molecule has 0 spiro atoms. The predicted octanol–water partition coefficient (Wildman–Crippen LogP) is 3.21. The zero-order chi connectivity index (χ0) is 15.4. The molecule has 0 aromatic carbocycles. The molecule has 20 heavy (non-hydrogen) atoms. The lowest BCUT2D eigenvalue weighted by Gasteiger charge is -2.29. The van der Waals surface area contributed by atoms with Crippen molar-refractivity contribution < 1.29 is 0 Å². The Morgan fingerprint density at radius 3 is 2.00 bits per heavy atom. The lowest BCUT2D eigenvalue weighted by molar-refractivity contribution is 0.189. The van der Waals surface area contributed by atoms with E-state index in [0.717, 1.165) is 6.54 Å². The number of rotatable bonds is 13. The molecular formula is C17H39N3. The Kier molecular flexibility index (Phi) is 12.5. The fraction of sp³-hybridized carbons (Fsp3) is 1.00. The lowest BCUT2D eigenvalue weighted by atomic mass is 10.1. The van der Waals surface area contributed by atoms with Crippen molar-refractivity contribution in [3.8, 4) is 0 Å². The second kappa shape index (κ2) is 12.6. The van der Waals surface area contributed by atoms with Gasteiger partial charge in [0.25, 0.3) is 0 Å². The van der Waals surface area contributed by atoms with Crippen LogP contribution in [0, 0.1) is 0 Å². The lowest BCUT2D eigenvalue weighted by Crippen LogP contribution is -2.36. The Labute approximate surface area is 128 Å². The molecule has 0 aliphatic carbocycles. The number of nitrogens with one attached hydrogen (secondary N) is 1. The van der Waals surface area contributed by atoms with E-state index in [1.165, 1.54) is 52.0 Å². The number of nitrogens with zero attached hydrogens (tertiary/aromatic N) is 2. The number of hydrogen-bond donors (Lipinski definition) is 1. The molecule has 0 amide bonds. The van der Waals surface area contributed by atoms with Crippen LogP contribution in [0.2, 0.25) is 0 Å². The molecule has 3 heteroatoms. The first kappa shape index (κ1) is 19.9. The van der Waals surface area contributed by atoms with Gasteiger partial charge in [0.2, 0.25) is 0 Å². The molecule has 0 radical (unpaired) electrons. The molecule has 0 aromatic rings. The van der Waals surface area contributed by atoms with Crippen molar-refractivity contribution in [2.24, 2.45) is 0 Å². The molecule has 0 rings (SSSR count). The largest absolute Gasteiger partial charge is 0.315 e. The van der Waals surface area contributed by atoms with Gasteiger partial charge in [0.1, 0.15) is 0 Å². The molecule has 0 aromatic heterocycles. The summed E-state index contributed by atoms with van der Waals surface area (Å²) in [4.78, 5) is 5.16. The highest BCUT2D eigenvalue weighted by molar-refractivity contribution is 4.68. The molecule has 122 valence electrons. The van der Waals surface area contributed by atoms with E-state index >= 15 is 0 Å². The van der Waals surface area contributed by atoms with Gasteiger partial charge in [-0.15, -0.1) is 0 Å². The van der Waals surface area contributed by atoms with Crippen LogP contribution in [-0.4, -0.2) is 61.2 Å². The quantitative estimate of drug-likeness (QED) is 0.524. The molecule has 0 aliphatic rings. The zero-order valence-electron chi connectivity index (χ0n) is 14.9. The van der Waals surface area contributed by atoms with Crippen molar-refractivity contribution in [3.63, 3.8) is 0 Å². The van der Waals surface area contributed by atoms with Gasteiger partial charge in [-0.2, -0.15) is 0 Å². The first-order valence-corrected chi connectivity index (χ1v) is 8.74. The van der Waals surface area contributed by atoms with Crippen molar-refractivity contribution in [1.29, 1.82) is 0 Å². The summed E-state index contributed by atoms with van der Waals surface area (Å²) in [6, 6.07) is 1.33. The zero-order valence-corrected chi connectivity index (χ0v) is 14.9. The van der Waals surface area contributed by atoms with Crippen LogP contribution in [0.15, 0.2) is 0 Å². The van der Waals surface area contributed by atoms with Gasteiger partial charge in [-0.25, -0.2) is 0 Å². The maximum atomic E-state index is 3.51. The van der Waals surface area contributed by atoms with Gasteiger partial charge in [0.05, 0.1) is 0 Å². The highest BCUT2D eigenvalue weighted by Gasteiger charge is 2.11. The van der Waals surface area contributed by atoms with Crippen molar-refractivity contribution in [3.05, 3.63) is 0 Å². The van der Waals surface area contributed by atoms with Crippen LogP contribution in [-0.2, 0) is 0 Å². The highest BCUT2D eigenvalue weighted by Crippen LogP contribution is 2.07. The van der Waals surface area contributed by atoms with E-state index in [9.17, 15) is 0 Å². The maximum absolute atomic E-state index is 3.51. The minimum absolute atomic E-state index is 0.613. The van der Waals surface area contributed by atoms with Crippen LogP contribution in [0.1, 0.15) is 60.8 Å². The molecule has 0 saturated heterocycles. The van der Waals surface area contributed by atoms with Gasteiger partial charge >= 0.3 is 0 Å². The highest BCUT2D eigenvalue weighted by atomic mass is 15.2. The molecule has 1 N–H and O–H groups in total. The molecular weight excluding hydrogens is 246 g/mol. The van der Waals surface area contributed by atoms with Gasteiger partial charge in [-0.3, -0.25) is 0 Å². The summed E-state index contributed by atoms with van der Waals surface area (Å²) in [5.41, 5.74) is 0. The number of hydrogen-bond acceptors (Lipinski definition) is 3. The molecule has 0 aliphatic heterocycles. The topological polar surface area (TPSA) is 18.5 Å². The summed E-state index contributed by atoms with van der Waals surface area (Å²) in [5, 5.41) is 3.51. The summed E-state index contributed by atoms with van der Waals surface area (Å²) < 4.78 is 0. The SMILES string of the molecule is CCN(CC)CCCN(CC)C(C)CCCNC(C)C. The van der Waals surface area contributed by atoms with Crippen molar-refractivity contribution >= 4 is 0 Å². The van der Waals surface area contributed by atoms with Crippen LogP contribution in [0.3, 0.4) is 0 Å². The smallest absolute Gasteiger partial charge is 0.00672 e. The summed E-state index contributed by atoms with van der Waals surface area (Å²) in [7, 11) is 0. The summed E-state index contributed by atoms with van der Waals surface area (Å²) in [6.45, 7) is 20.8. The van der Waals surface area contributed by atoms with Gasteiger partial charge < -0.3 is 15.1 Å². The molecule has 3 nitrogen and oxygen atoms in total. The molecule has 0 saturated carbocycles. The average molecular weight is 286 g/mol. The van der Waals surface area contributed by atoms with E-state index in [4.69, 9.17) is 0 Å². The first-order chi connectivity index (χ1) is 9.54. The van der Waals surface area contributed by atoms with E-state index in [-0.39, 0.29) is 0 Å². The third-order valence-corrected chi connectivity index (χ3v) is 4.19. The fourth-order valence-electron chi connectivity index (χ4n) is 2.70. The van der Waals surface area contributed by atoms with Crippen LogP contribution in [0.4, 0.5) is 0 Å². The molecule has 1 atom stereocenters. The van der Waals surface area contributed by atoms with Crippen LogP contribution in [0.5, 0.6) is 0 Å². The second-order valence-corrected chi connectivity index (χ2v) is 6.11. The summed E-state index contributed by atoms with van der Waals surface area (Å²) in [5.74, 6) is 0. The van der Waals surface area contributed by atoms with Crippen LogP contribution in [0.25, 0.3) is 0 Å². The predicted molar refractivity (Wildman–Crippen MR) is 91.5 cm³/mol. The minimum Gasteiger partial charge on any atom is -0.315 e. The van der Waals surface area contributed by atoms with E-state index in [1.807, 2.05) is 0 Å². The van der Waals surface area contributed by atoms with Gasteiger partial charge in [0, 0.05) is 12.1 Å². The Morgan fingerprint density at radius 1 is 0.850 bits per heavy atom. The van der Waals surface area contributed by atoms with Crippen molar-refractivity contribution in [2.45, 2.75) is 72.9 Å². The van der Waals surface area contributed by atoms with Gasteiger partial charge in [0.15, 0.2) is 0 Å². The van der Waals surface area contributed by atoms with E-state index in [0.29, 0.717) is 12.1 Å². The van der Waals surface area contributed by atoms with Crippen molar-refractivity contribution in [1.82, 2.24) is 15.1 Å². The second-order valence-electron chi connectivity index (χ2n) is 6.11. The van der Waals surface area contributed by atoms with E-state index < -0.39 is 0 Å². The molecule has 0 bridgehead atoms. The normalized spacial score (nSPS) is 13.7. The third-order valence-electron chi connectivity index (χ3n) is 4.19.